The lowest BCUT2D eigenvalue weighted by Crippen LogP contribution is -2.33. The van der Waals surface area contributed by atoms with Gasteiger partial charge in [0.1, 0.15) is 0 Å². The summed E-state index contributed by atoms with van der Waals surface area (Å²) in [5.41, 5.74) is 0. The first kappa shape index (κ1) is 14.3. The van der Waals surface area contributed by atoms with Crippen molar-refractivity contribution in [1.82, 2.24) is 19.3 Å². The number of hydrogen-bond donors (Lipinski definition) is 0. The molecule has 1 heterocycles. The lowest BCUT2D eigenvalue weighted by Gasteiger charge is -2.19. The summed E-state index contributed by atoms with van der Waals surface area (Å²) < 4.78 is 27.5. The van der Waals surface area contributed by atoms with E-state index in [-0.39, 0.29) is 16.2 Å². The van der Waals surface area contributed by atoms with E-state index in [9.17, 15) is 8.42 Å². The third-order valence-corrected chi connectivity index (χ3v) is 4.88. The Balaban J connectivity index is 3.20. The van der Waals surface area contributed by atoms with Crippen molar-refractivity contribution in [2.75, 3.05) is 13.1 Å². The highest BCUT2D eigenvalue weighted by atomic mass is 79.9. The zero-order valence-electron chi connectivity index (χ0n) is 9.80. The first-order chi connectivity index (χ1) is 7.95. The second kappa shape index (κ2) is 5.74. The van der Waals surface area contributed by atoms with E-state index < -0.39 is 10.0 Å². The number of aryl methyl sites for hydroxylation is 1. The highest BCUT2D eigenvalue weighted by molar-refractivity contribution is 9.10. The third-order valence-electron chi connectivity index (χ3n) is 2.13. The van der Waals surface area contributed by atoms with Crippen molar-refractivity contribution >= 4 is 26.0 Å². The average Bonchev–Trinajstić information content (AvgIpc) is 2.58. The fraction of sp³-hybridized carbons (Fsp3) is 0.556. The topological polar surface area (TPSA) is 68.1 Å². The summed E-state index contributed by atoms with van der Waals surface area (Å²) in [6, 6.07) is 0. The van der Waals surface area contributed by atoms with Crippen LogP contribution in [0.2, 0.25) is 0 Å². The van der Waals surface area contributed by atoms with Crippen molar-refractivity contribution in [2.45, 2.75) is 18.4 Å². The summed E-state index contributed by atoms with van der Waals surface area (Å²) in [7, 11) is -2.05. The first-order valence-corrected chi connectivity index (χ1v) is 7.34. The van der Waals surface area contributed by atoms with Crippen molar-refractivity contribution in [3.8, 4) is 0 Å². The fourth-order valence-corrected chi connectivity index (χ4v) is 3.96. The highest BCUT2D eigenvalue weighted by Crippen LogP contribution is 2.22. The number of sulfonamides is 1. The van der Waals surface area contributed by atoms with Gasteiger partial charge in [0.2, 0.25) is 5.03 Å². The third kappa shape index (κ3) is 2.93. The van der Waals surface area contributed by atoms with Gasteiger partial charge in [0, 0.05) is 20.1 Å². The first-order valence-electron chi connectivity index (χ1n) is 5.11. The van der Waals surface area contributed by atoms with Crippen LogP contribution in [0.1, 0.15) is 13.3 Å². The highest BCUT2D eigenvalue weighted by Gasteiger charge is 2.29. The van der Waals surface area contributed by atoms with Gasteiger partial charge in [0.05, 0.1) is 0 Å². The van der Waals surface area contributed by atoms with Gasteiger partial charge in [-0.1, -0.05) is 18.2 Å². The molecule has 0 aromatic carbocycles. The van der Waals surface area contributed by atoms with Crippen LogP contribution in [0.25, 0.3) is 0 Å². The Hall–Kier alpha value is -0.730. The molecular formula is C9H15BrN4O2S. The minimum Gasteiger partial charge on any atom is -0.235 e. The largest absolute Gasteiger partial charge is 0.263 e. The Bertz CT molecular complexity index is 478. The van der Waals surface area contributed by atoms with Crippen LogP contribution >= 0.6 is 15.9 Å². The van der Waals surface area contributed by atoms with Gasteiger partial charge < -0.3 is 0 Å². The van der Waals surface area contributed by atoms with E-state index in [0.717, 1.165) is 6.42 Å². The summed E-state index contributed by atoms with van der Waals surface area (Å²) in [5, 5.41) is 7.42. The Morgan fingerprint density at radius 1 is 1.59 bits per heavy atom. The van der Waals surface area contributed by atoms with Gasteiger partial charge in [-0.2, -0.15) is 4.31 Å². The average molecular weight is 323 g/mol. The van der Waals surface area contributed by atoms with Gasteiger partial charge >= 0.3 is 0 Å². The van der Waals surface area contributed by atoms with Crippen LogP contribution in [-0.2, 0) is 17.1 Å². The molecule has 0 N–H and O–H groups in total. The molecule has 1 rings (SSSR count). The summed E-state index contributed by atoms with van der Waals surface area (Å²) >= 11 is 3.10. The number of rotatable bonds is 6. The van der Waals surface area contributed by atoms with E-state index in [4.69, 9.17) is 0 Å². The van der Waals surface area contributed by atoms with E-state index in [0.29, 0.717) is 6.54 Å². The maximum atomic E-state index is 12.4. The molecule has 0 spiro atoms. The van der Waals surface area contributed by atoms with E-state index in [2.05, 4.69) is 32.8 Å². The molecule has 1 aromatic heterocycles. The summed E-state index contributed by atoms with van der Waals surface area (Å²) in [6.07, 6.45) is 2.29. The molecule has 0 aliphatic heterocycles. The molecule has 0 aliphatic rings. The normalized spacial score (nSPS) is 12.0. The van der Waals surface area contributed by atoms with E-state index >= 15 is 0 Å². The second-order valence-corrected chi connectivity index (χ2v) is 6.07. The van der Waals surface area contributed by atoms with Crippen LogP contribution < -0.4 is 0 Å². The van der Waals surface area contributed by atoms with Gasteiger partial charge in [0.25, 0.3) is 10.0 Å². The zero-order valence-corrected chi connectivity index (χ0v) is 12.2. The smallest absolute Gasteiger partial charge is 0.235 e. The summed E-state index contributed by atoms with van der Waals surface area (Å²) in [5.74, 6) is 0. The van der Waals surface area contributed by atoms with Gasteiger partial charge in [0.15, 0.2) is 4.60 Å². The van der Waals surface area contributed by atoms with Crippen LogP contribution in [0.5, 0.6) is 0 Å². The number of nitrogens with zero attached hydrogens (tertiary/aromatic N) is 4. The minimum absolute atomic E-state index is 0.0628. The molecule has 0 saturated carbocycles. The monoisotopic (exact) mass is 322 g/mol. The SMILES string of the molecule is C=CCN(CCC)S(=O)(=O)c1c(Br)nnn1C. The maximum Gasteiger partial charge on any atom is 0.263 e. The van der Waals surface area contributed by atoms with Gasteiger partial charge in [-0.15, -0.1) is 11.7 Å². The Labute approximate surface area is 109 Å². The molecule has 0 atom stereocenters. The predicted molar refractivity (Wildman–Crippen MR) is 67.9 cm³/mol. The van der Waals surface area contributed by atoms with Crippen LogP contribution in [0, 0.1) is 0 Å². The second-order valence-electron chi connectivity index (χ2n) is 3.46. The minimum atomic E-state index is -3.59. The molecule has 0 radical (unpaired) electrons. The summed E-state index contributed by atoms with van der Waals surface area (Å²) in [4.78, 5) is 0. The van der Waals surface area contributed by atoms with Crippen LogP contribution in [0.3, 0.4) is 0 Å². The predicted octanol–water partition coefficient (Wildman–Crippen LogP) is 1.16. The Morgan fingerprint density at radius 2 is 2.24 bits per heavy atom. The molecule has 8 heteroatoms. The van der Waals surface area contributed by atoms with Crippen molar-refractivity contribution in [3.63, 3.8) is 0 Å². The van der Waals surface area contributed by atoms with Gasteiger partial charge in [-0.05, 0) is 22.4 Å². The van der Waals surface area contributed by atoms with Crippen molar-refractivity contribution in [3.05, 3.63) is 17.3 Å². The number of aromatic nitrogens is 3. The lowest BCUT2D eigenvalue weighted by atomic mass is 10.5. The molecule has 17 heavy (non-hydrogen) atoms. The van der Waals surface area contributed by atoms with E-state index in [1.807, 2.05) is 6.92 Å². The van der Waals surface area contributed by atoms with Crippen LogP contribution in [0.15, 0.2) is 22.3 Å². The van der Waals surface area contributed by atoms with Gasteiger partial charge in [-0.3, -0.25) is 0 Å². The molecule has 0 unspecified atom stereocenters. The molecule has 0 aliphatic carbocycles. The molecular weight excluding hydrogens is 308 g/mol. The summed E-state index contributed by atoms with van der Waals surface area (Å²) in [6.45, 7) is 6.19. The molecule has 6 nitrogen and oxygen atoms in total. The maximum absolute atomic E-state index is 12.4. The lowest BCUT2D eigenvalue weighted by molar-refractivity contribution is 0.433. The van der Waals surface area contributed by atoms with Crippen molar-refractivity contribution in [1.29, 1.82) is 0 Å². The zero-order chi connectivity index (χ0) is 13.1. The molecule has 0 amide bonds. The Morgan fingerprint density at radius 3 is 2.65 bits per heavy atom. The standard InChI is InChI=1S/C9H15BrN4O2S/c1-4-6-14(7-5-2)17(15,16)9-8(10)11-12-13(9)3/h4H,1,5-7H2,2-3H3. The Kier molecular flexibility index (Phi) is 4.84. The fourth-order valence-electron chi connectivity index (χ4n) is 1.42. The van der Waals surface area contributed by atoms with Gasteiger partial charge in [-0.25, -0.2) is 13.1 Å². The van der Waals surface area contributed by atoms with Crippen LogP contribution in [-0.4, -0.2) is 40.8 Å². The quantitative estimate of drug-likeness (QED) is 0.737. The molecule has 96 valence electrons. The molecule has 0 saturated heterocycles. The number of hydrogen-bond acceptors (Lipinski definition) is 4. The number of halogens is 1. The van der Waals surface area contributed by atoms with E-state index in [1.165, 1.54) is 8.99 Å². The van der Waals surface area contributed by atoms with Crippen LogP contribution in [0.4, 0.5) is 0 Å². The van der Waals surface area contributed by atoms with Crippen molar-refractivity contribution in [2.24, 2.45) is 7.05 Å². The van der Waals surface area contributed by atoms with Crippen molar-refractivity contribution < 1.29 is 8.42 Å². The van der Waals surface area contributed by atoms with E-state index in [1.54, 1.807) is 13.1 Å². The molecule has 0 bridgehead atoms. The molecule has 1 aromatic rings. The molecule has 0 fully saturated rings.